The SMILES string of the molecule is O=C(O)c1cc(=O)[nH]c(OC(F)(F)F)c1I. The number of pyridine rings is 1. The number of nitrogens with one attached hydrogen (secondary N) is 1. The number of aromatic carboxylic acids is 1. The van der Waals surface area contributed by atoms with Gasteiger partial charge in [-0.3, -0.25) is 9.78 Å². The molecule has 1 heterocycles. The van der Waals surface area contributed by atoms with Gasteiger partial charge in [0.15, 0.2) is 0 Å². The van der Waals surface area contributed by atoms with Gasteiger partial charge in [-0.2, -0.15) is 0 Å². The van der Waals surface area contributed by atoms with Crippen LogP contribution < -0.4 is 10.3 Å². The number of aromatic nitrogens is 1. The lowest BCUT2D eigenvalue weighted by Crippen LogP contribution is -2.22. The molecule has 0 saturated carbocycles. The summed E-state index contributed by atoms with van der Waals surface area (Å²) in [6, 6.07) is 0.674. The molecule has 1 rings (SSSR count). The molecule has 0 fully saturated rings. The van der Waals surface area contributed by atoms with Crippen molar-refractivity contribution in [2.75, 3.05) is 0 Å². The maximum absolute atomic E-state index is 11.9. The highest BCUT2D eigenvalue weighted by Crippen LogP contribution is 2.26. The lowest BCUT2D eigenvalue weighted by molar-refractivity contribution is -0.276. The van der Waals surface area contributed by atoms with Gasteiger partial charge in [0.1, 0.15) is 0 Å². The Morgan fingerprint density at radius 2 is 2.06 bits per heavy atom. The molecule has 16 heavy (non-hydrogen) atoms. The first-order chi connectivity index (χ1) is 7.20. The van der Waals surface area contributed by atoms with Crippen molar-refractivity contribution >= 4 is 28.6 Å². The fourth-order valence-corrected chi connectivity index (χ4v) is 1.49. The molecule has 0 aliphatic heterocycles. The molecular formula is C7H3F3INO4. The molecule has 88 valence electrons. The van der Waals surface area contributed by atoms with Crippen LogP contribution in [0.5, 0.6) is 5.88 Å². The quantitative estimate of drug-likeness (QED) is 0.795. The second-order valence-electron chi connectivity index (χ2n) is 2.54. The number of rotatable bonds is 2. The van der Waals surface area contributed by atoms with Gasteiger partial charge in [-0.15, -0.1) is 13.2 Å². The van der Waals surface area contributed by atoms with Gasteiger partial charge in [0, 0.05) is 6.07 Å². The summed E-state index contributed by atoms with van der Waals surface area (Å²) in [5.74, 6) is -2.44. The molecule has 0 radical (unpaired) electrons. The standard InChI is InChI=1S/C7H3F3INO4/c8-7(9,10)16-5-4(11)2(6(14)15)1-3(13)12-5/h1H,(H,12,13)(H,14,15). The summed E-state index contributed by atoms with van der Waals surface area (Å²) in [6.07, 6.45) is -5.00. The van der Waals surface area contributed by atoms with E-state index >= 15 is 0 Å². The molecular weight excluding hydrogens is 346 g/mol. The lowest BCUT2D eigenvalue weighted by Gasteiger charge is -2.10. The zero-order valence-corrected chi connectivity index (χ0v) is 9.42. The summed E-state index contributed by atoms with van der Waals surface area (Å²) in [6.45, 7) is 0. The van der Waals surface area contributed by atoms with E-state index in [0.29, 0.717) is 6.07 Å². The average Bonchev–Trinajstić information content (AvgIpc) is 2.07. The van der Waals surface area contributed by atoms with Crippen LogP contribution in [0.4, 0.5) is 13.2 Å². The Hall–Kier alpha value is -1.26. The van der Waals surface area contributed by atoms with Gasteiger partial charge in [0.2, 0.25) is 5.88 Å². The van der Waals surface area contributed by atoms with Crippen LogP contribution in [0.1, 0.15) is 10.4 Å². The number of carbonyl (C=O) groups is 1. The van der Waals surface area contributed by atoms with Crippen LogP contribution in [0, 0.1) is 3.57 Å². The highest BCUT2D eigenvalue weighted by molar-refractivity contribution is 14.1. The third kappa shape index (κ3) is 3.12. The summed E-state index contributed by atoms with van der Waals surface area (Å²) in [5, 5.41) is 8.62. The van der Waals surface area contributed by atoms with Crippen LogP contribution in [0.15, 0.2) is 10.9 Å². The van der Waals surface area contributed by atoms with E-state index in [-0.39, 0.29) is 3.57 Å². The normalized spacial score (nSPS) is 11.2. The van der Waals surface area contributed by atoms with Crippen molar-refractivity contribution in [2.24, 2.45) is 0 Å². The van der Waals surface area contributed by atoms with Crippen LogP contribution in [0.3, 0.4) is 0 Å². The van der Waals surface area contributed by atoms with E-state index in [1.165, 1.54) is 22.6 Å². The monoisotopic (exact) mass is 349 g/mol. The number of halogens is 4. The molecule has 1 aromatic heterocycles. The fraction of sp³-hybridized carbons (Fsp3) is 0.143. The molecule has 5 nitrogen and oxygen atoms in total. The maximum Gasteiger partial charge on any atom is 0.574 e. The molecule has 0 saturated heterocycles. The molecule has 0 bridgehead atoms. The smallest absolute Gasteiger partial charge is 0.478 e. The molecule has 1 aromatic rings. The Kier molecular flexibility index (Phi) is 3.45. The molecule has 0 spiro atoms. The van der Waals surface area contributed by atoms with Gasteiger partial charge in [-0.1, -0.05) is 0 Å². The molecule has 2 N–H and O–H groups in total. The third-order valence-corrected chi connectivity index (χ3v) is 2.47. The topological polar surface area (TPSA) is 79.4 Å². The van der Waals surface area contributed by atoms with Gasteiger partial charge in [0.05, 0.1) is 9.13 Å². The van der Waals surface area contributed by atoms with Gasteiger partial charge < -0.3 is 9.84 Å². The van der Waals surface area contributed by atoms with Crippen molar-refractivity contribution in [2.45, 2.75) is 6.36 Å². The van der Waals surface area contributed by atoms with Crippen molar-refractivity contribution in [3.63, 3.8) is 0 Å². The molecule has 0 aliphatic carbocycles. The van der Waals surface area contributed by atoms with Gasteiger partial charge >= 0.3 is 12.3 Å². The van der Waals surface area contributed by atoms with Gasteiger partial charge in [-0.25, -0.2) is 4.79 Å². The number of H-pyrrole nitrogens is 1. The van der Waals surface area contributed by atoms with Crippen molar-refractivity contribution < 1.29 is 27.8 Å². The second-order valence-corrected chi connectivity index (χ2v) is 3.62. The Morgan fingerprint density at radius 3 is 2.50 bits per heavy atom. The number of ether oxygens (including phenoxy) is 1. The number of carboxylic acid groups (broad SMARTS) is 1. The Morgan fingerprint density at radius 1 is 1.50 bits per heavy atom. The van der Waals surface area contributed by atoms with E-state index in [0.717, 1.165) is 0 Å². The first-order valence-electron chi connectivity index (χ1n) is 3.62. The minimum absolute atomic E-state index is 0.331. The van der Waals surface area contributed by atoms with Crippen molar-refractivity contribution in [1.29, 1.82) is 0 Å². The summed E-state index contributed by atoms with van der Waals surface area (Å²) >= 11 is 1.34. The summed E-state index contributed by atoms with van der Waals surface area (Å²) in [7, 11) is 0. The first kappa shape index (κ1) is 12.8. The molecule has 0 unspecified atom stereocenters. The van der Waals surface area contributed by atoms with Crippen LogP contribution in [-0.2, 0) is 0 Å². The van der Waals surface area contributed by atoms with E-state index in [4.69, 9.17) is 5.11 Å². The van der Waals surface area contributed by atoms with E-state index in [2.05, 4.69) is 4.74 Å². The maximum atomic E-state index is 11.9. The zero-order chi connectivity index (χ0) is 12.5. The largest absolute Gasteiger partial charge is 0.574 e. The summed E-state index contributed by atoms with van der Waals surface area (Å²) in [5.41, 5.74) is -1.54. The number of alkyl halides is 3. The van der Waals surface area contributed by atoms with E-state index < -0.39 is 29.3 Å². The first-order valence-corrected chi connectivity index (χ1v) is 4.70. The highest BCUT2D eigenvalue weighted by atomic mass is 127. The van der Waals surface area contributed by atoms with Gasteiger partial charge in [0.25, 0.3) is 5.56 Å². The van der Waals surface area contributed by atoms with Crippen LogP contribution in [0.25, 0.3) is 0 Å². The van der Waals surface area contributed by atoms with Gasteiger partial charge in [-0.05, 0) is 22.6 Å². The minimum Gasteiger partial charge on any atom is -0.478 e. The Balaban J connectivity index is 3.30. The number of carboxylic acids is 1. The predicted octanol–water partition coefficient (Wildman–Crippen LogP) is 1.58. The average molecular weight is 349 g/mol. The molecule has 0 atom stereocenters. The predicted molar refractivity (Wildman–Crippen MR) is 53.4 cm³/mol. The van der Waals surface area contributed by atoms with Crippen molar-refractivity contribution in [3.05, 3.63) is 25.6 Å². The Bertz CT molecular complexity index is 482. The third-order valence-electron chi connectivity index (χ3n) is 1.40. The van der Waals surface area contributed by atoms with Crippen LogP contribution >= 0.6 is 22.6 Å². The van der Waals surface area contributed by atoms with Crippen molar-refractivity contribution in [1.82, 2.24) is 4.98 Å². The summed E-state index contributed by atoms with van der Waals surface area (Å²) in [4.78, 5) is 23.2. The summed E-state index contributed by atoms with van der Waals surface area (Å²) < 4.78 is 38.8. The van der Waals surface area contributed by atoms with E-state index in [1.54, 1.807) is 4.98 Å². The number of hydrogen-bond acceptors (Lipinski definition) is 3. The minimum atomic E-state index is -5.00. The fourth-order valence-electron chi connectivity index (χ4n) is 0.861. The number of hydrogen-bond donors (Lipinski definition) is 2. The zero-order valence-electron chi connectivity index (χ0n) is 7.26. The van der Waals surface area contributed by atoms with Crippen LogP contribution in [-0.4, -0.2) is 22.4 Å². The van der Waals surface area contributed by atoms with E-state index in [9.17, 15) is 22.8 Å². The molecule has 0 aromatic carbocycles. The second kappa shape index (κ2) is 4.31. The Labute approximate surface area is 99.4 Å². The number of aromatic amines is 1. The molecule has 9 heteroatoms. The van der Waals surface area contributed by atoms with E-state index in [1.807, 2.05) is 0 Å². The van der Waals surface area contributed by atoms with Crippen molar-refractivity contribution in [3.8, 4) is 5.88 Å². The lowest BCUT2D eigenvalue weighted by atomic mass is 10.3. The molecule has 0 aliphatic rings. The molecule has 0 amide bonds. The highest BCUT2D eigenvalue weighted by Gasteiger charge is 2.33. The van der Waals surface area contributed by atoms with Crippen LogP contribution in [0.2, 0.25) is 0 Å².